The molecule has 3 N–H and O–H groups in total. The van der Waals surface area contributed by atoms with Crippen molar-refractivity contribution in [2.75, 3.05) is 5.32 Å². The van der Waals surface area contributed by atoms with Crippen LogP contribution in [0.5, 0.6) is 0 Å². The summed E-state index contributed by atoms with van der Waals surface area (Å²) in [6.07, 6.45) is 0. The van der Waals surface area contributed by atoms with Crippen LogP contribution in [0, 0.1) is 21.4 Å². The molecule has 0 atom stereocenters. The van der Waals surface area contributed by atoms with Crippen LogP contribution >= 0.6 is 0 Å². The molecule has 9 heteroatoms. The second-order valence-electron chi connectivity index (χ2n) is 6.19. The molecule has 0 aromatic heterocycles. The lowest BCUT2D eigenvalue weighted by Crippen LogP contribution is -2.15. The van der Waals surface area contributed by atoms with Gasteiger partial charge in [-0.25, -0.2) is 13.6 Å². The number of hydrogen-bond donors (Lipinski definition) is 2. The number of primary sulfonamides is 1. The number of benzene rings is 3. The number of non-ortho nitro benzene ring substituents is 1. The number of nitrogens with zero attached hydrogens (tertiary/aromatic N) is 2. The molecule has 0 fully saturated rings. The normalized spacial score (nSPS) is 10.9. The van der Waals surface area contributed by atoms with Gasteiger partial charge in [0.1, 0.15) is 4.90 Å². The first kappa shape index (κ1) is 20.0. The van der Waals surface area contributed by atoms with E-state index in [1.165, 1.54) is 0 Å². The smallest absolute Gasteiger partial charge is 0.271 e. The lowest BCUT2D eigenvalue weighted by atomic mass is 9.99. The number of sulfonamides is 1. The van der Waals surface area contributed by atoms with Gasteiger partial charge in [-0.05, 0) is 28.8 Å². The van der Waals surface area contributed by atoms with E-state index < -0.39 is 14.9 Å². The summed E-state index contributed by atoms with van der Waals surface area (Å²) in [5.41, 5.74) is 2.86. The molecule has 8 nitrogen and oxygen atoms in total. The molecule has 0 spiro atoms. The van der Waals surface area contributed by atoms with Crippen molar-refractivity contribution in [3.05, 3.63) is 88.0 Å². The van der Waals surface area contributed by atoms with Gasteiger partial charge in [0.15, 0.2) is 0 Å². The summed E-state index contributed by atoms with van der Waals surface area (Å²) in [4.78, 5) is 10.2. The second kappa shape index (κ2) is 8.10. The van der Waals surface area contributed by atoms with Crippen molar-refractivity contribution in [1.29, 1.82) is 5.26 Å². The van der Waals surface area contributed by atoms with Gasteiger partial charge in [0.05, 0.1) is 22.2 Å². The third kappa shape index (κ3) is 4.57. The second-order valence-corrected chi connectivity index (χ2v) is 7.72. The predicted molar refractivity (Wildman–Crippen MR) is 108 cm³/mol. The maximum absolute atomic E-state index is 11.7. The first-order chi connectivity index (χ1) is 13.8. The highest BCUT2D eigenvalue weighted by Gasteiger charge is 2.18. The van der Waals surface area contributed by atoms with Crippen molar-refractivity contribution in [3.8, 4) is 17.2 Å². The monoisotopic (exact) mass is 408 g/mol. The average Bonchev–Trinajstić information content (AvgIpc) is 2.71. The Bertz CT molecular complexity index is 1220. The molecule has 3 rings (SSSR count). The number of nitrogens with one attached hydrogen (secondary N) is 1. The van der Waals surface area contributed by atoms with Gasteiger partial charge in [0.25, 0.3) is 5.69 Å². The molecule has 146 valence electrons. The van der Waals surface area contributed by atoms with Gasteiger partial charge in [-0.1, -0.05) is 42.5 Å². The molecule has 0 aliphatic rings. The summed E-state index contributed by atoms with van der Waals surface area (Å²) in [6, 6.07) is 20.1. The third-order valence-corrected chi connectivity index (χ3v) is 5.24. The molecule has 3 aromatic rings. The topological polar surface area (TPSA) is 139 Å². The molecule has 0 aliphatic carbocycles. The maximum Gasteiger partial charge on any atom is 0.271 e. The standard InChI is InChI=1S/C20H16N4O4S/c21-12-16-3-1-2-4-18(16)15-7-5-14(6-8-15)13-23-19-11-17(24(25)26)9-10-20(19)29(22,27)28/h1-11,23H,13H2,(H2,22,27,28). The molecule has 0 amide bonds. The molecule has 29 heavy (non-hydrogen) atoms. The molecule has 0 radical (unpaired) electrons. The van der Waals surface area contributed by atoms with E-state index in [0.717, 1.165) is 34.9 Å². The van der Waals surface area contributed by atoms with Crippen molar-refractivity contribution >= 4 is 21.4 Å². The SMILES string of the molecule is N#Cc1ccccc1-c1ccc(CNc2cc([N+](=O)[O-])ccc2S(N)(=O)=O)cc1. The van der Waals surface area contributed by atoms with Crippen molar-refractivity contribution < 1.29 is 13.3 Å². The minimum Gasteiger partial charge on any atom is -0.380 e. The molecular formula is C20H16N4O4S. The molecule has 3 aromatic carbocycles. The fourth-order valence-corrected chi connectivity index (χ4v) is 3.54. The minimum atomic E-state index is -4.05. The number of nitro groups is 1. The molecule has 0 saturated carbocycles. The molecule has 0 saturated heterocycles. The lowest BCUT2D eigenvalue weighted by Gasteiger charge is -2.11. The zero-order valence-electron chi connectivity index (χ0n) is 15.1. The highest BCUT2D eigenvalue weighted by molar-refractivity contribution is 7.89. The van der Waals surface area contributed by atoms with Gasteiger partial charge in [-0.15, -0.1) is 0 Å². The summed E-state index contributed by atoms with van der Waals surface area (Å²) < 4.78 is 23.5. The largest absolute Gasteiger partial charge is 0.380 e. The highest BCUT2D eigenvalue weighted by atomic mass is 32.2. The Hall–Kier alpha value is -3.74. The van der Waals surface area contributed by atoms with E-state index >= 15 is 0 Å². The minimum absolute atomic E-state index is 0.0561. The van der Waals surface area contributed by atoms with E-state index in [1.807, 2.05) is 36.4 Å². The lowest BCUT2D eigenvalue weighted by molar-refractivity contribution is -0.384. The Morgan fingerprint density at radius 2 is 1.76 bits per heavy atom. The van der Waals surface area contributed by atoms with Crippen LogP contribution in [0.25, 0.3) is 11.1 Å². The maximum atomic E-state index is 11.7. The van der Waals surface area contributed by atoms with Crippen LogP contribution < -0.4 is 10.5 Å². The molecule has 0 heterocycles. The fraction of sp³-hybridized carbons (Fsp3) is 0.0500. The average molecular weight is 408 g/mol. The van der Waals surface area contributed by atoms with E-state index in [-0.39, 0.29) is 22.8 Å². The van der Waals surface area contributed by atoms with E-state index in [0.29, 0.717) is 5.56 Å². The third-order valence-electron chi connectivity index (χ3n) is 4.28. The highest BCUT2D eigenvalue weighted by Crippen LogP contribution is 2.27. The van der Waals surface area contributed by atoms with Crippen molar-refractivity contribution in [1.82, 2.24) is 0 Å². The fourth-order valence-electron chi connectivity index (χ4n) is 2.85. The first-order valence-corrected chi connectivity index (χ1v) is 9.98. The predicted octanol–water partition coefficient (Wildman–Crippen LogP) is 3.39. The first-order valence-electron chi connectivity index (χ1n) is 8.43. The van der Waals surface area contributed by atoms with E-state index in [4.69, 9.17) is 5.14 Å². The Kier molecular flexibility index (Phi) is 5.59. The Morgan fingerprint density at radius 3 is 2.38 bits per heavy atom. The summed E-state index contributed by atoms with van der Waals surface area (Å²) in [5, 5.41) is 28.3. The van der Waals surface area contributed by atoms with Crippen LogP contribution in [-0.4, -0.2) is 13.3 Å². The van der Waals surface area contributed by atoms with Crippen LogP contribution in [-0.2, 0) is 16.6 Å². The van der Waals surface area contributed by atoms with Gasteiger partial charge in [-0.2, -0.15) is 5.26 Å². The van der Waals surface area contributed by atoms with Crippen LogP contribution in [0.15, 0.2) is 71.6 Å². The van der Waals surface area contributed by atoms with E-state index in [1.54, 1.807) is 12.1 Å². The Balaban J connectivity index is 1.84. The zero-order valence-corrected chi connectivity index (χ0v) is 15.9. The quantitative estimate of drug-likeness (QED) is 0.473. The van der Waals surface area contributed by atoms with E-state index in [9.17, 15) is 23.8 Å². The zero-order chi connectivity index (χ0) is 21.0. The summed E-state index contributed by atoms with van der Waals surface area (Å²) in [5.74, 6) is 0. The van der Waals surface area contributed by atoms with Crippen LogP contribution in [0.2, 0.25) is 0 Å². The van der Waals surface area contributed by atoms with Crippen LogP contribution in [0.1, 0.15) is 11.1 Å². The van der Waals surface area contributed by atoms with Crippen molar-refractivity contribution in [2.24, 2.45) is 5.14 Å². The Morgan fingerprint density at radius 1 is 1.07 bits per heavy atom. The number of nitriles is 1. The van der Waals surface area contributed by atoms with Crippen molar-refractivity contribution in [2.45, 2.75) is 11.4 Å². The number of hydrogen-bond acceptors (Lipinski definition) is 6. The van der Waals surface area contributed by atoms with Gasteiger partial charge >= 0.3 is 0 Å². The Labute approximate surface area is 167 Å². The molecule has 0 bridgehead atoms. The van der Waals surface area contributed by atoms with Crippen molar-refractivity contribution in [3.63, 3.8) is 0 Å². The number of nitrogens with two attached hydrogens (primary N) is 1. The summed E-state index contributed by atoms with van der Waals surface area (Å²) in [7, 11) is -4.05. The summed E-state index contributed by atoms with van der Waals surface area (Å²) >= 11 is 0. The number of rotatable bonds is 6. The molecule has 0 unspecified atom stereocenters. The van der Waals surface area contributed by atoms with Gasteiger partial charge in [-0.3, -0.25) is 10.1 Å². The molecular weight excluding hydrogens is 392 g/mol. The van der Waals surface area contributed by atoms with E-state index in [2.05, 4.69) is 11.4 Å². The summed E-state index contributed by atoms with van der Waals surface area (Å²) in [6.45, 7) is 0.226. The number of anilines is 1. The van der Waals surface area contributed by atoms with Gasteiger partial charge < -0.3 is 5.32 Å². The number of nitro benzene ring substituents is 1. The van der Waals surface area contributed by atoms with Crippen LogP contribution in [0.3, 0.4) is 0 Å². The van der Waals surface area contributed by atoms with Crippen LogP contribution in [0.4, 0.5) is 11.4 Å². The van der Waals surface area contributed by atoms with Gasteiger partial charge in [0.2, 0.25) is 10.0 Å². The van der Waals surface area contributed by atoms with Gasteiger partial charge in [0, 0.05) is 18.7 Å². The molecule has 0 aliphatic heterocycles.